The van der Waals surface area contributed by atoms with Crippen molar-refractivity contribution in [1.29, 1.82) is 0 Å². The molecule has 0 aliphatic carbocycles. The summed E-state index contributed by atoms with van der Waals surface area (Å²) < 4.78 is 14.8. The Morgan fingerprint density at radius 3 is 2.55 bits per heavy atom. The van der Waals surface area contributed by atoms with Gasteiger partial charge in [-0.15, -0.1) is 0 Å². The van der Waals surface area contributed by atoms with Gasteiger partial charge in [-0.1, -0.05) is 29.8 Å². The number of benzene rings is 2. The van der Waals surface area contributed by atoms with Crippen LogP contribution in [0.15, 0.2) is 65.9 Å². The summed E-state index contributed by atoms with van der Waals surface area (Å²) in [5.41, 5.74) is 0.749. The van der Waals surface area contributed by atoms with Crippen LogP contribution in [0, 0.1) is 10.1 Å². The molecule has 0 bridgehead atoms. The molecule has 0 aliphatic heterocycles. The first-order valence-corrected chi connectivity index (χ1v) is 13.7. The summed E-state index contributed by atoms with van der Waals surface area (Å²) in [4.78, 5) is 32.4. The van der Waals surface area contributed by atoms with Gasteiger partial charge < -0.3 is 9.47 Å². The lowest BCUT2D eigenvalue weighted by Crippen LogP contribution is -2.23. The van der Waals surface area contributed by atoms with Gasteiger partial charge >= 0.3 is 0 Å². The van der Waals surface area contributed by atoms with E-state index in [1.54, 1.807) is 18.2 Å². The van der Waals surface area contributed by atoms with E-state index in [0.29, 0.717) is 49.3 Å². The van der Waals surface area contributed by atoms with Crippen LogP contribution in [0.1, 0.15) is 38.1 Å². The average molecular weight is 710 g/mol. The Labute approximate surface area is 242 Å². The molecule has 0 aliphatic rings. The summed E-state index contributed by atoms with van der Waals surface area (Å²) in [7, 11) is 0. The Morgan fingerprint density at radius 2 is 1.92 bits per heavy atom. The third-order valence-electron chi connectivity index (χ3n) is 5.26. The van der Waals surface area contributed by atoms with Crippen molar-refractivity contribution in [3.63, 3.8) is 0 Å². The molecule has 13 heteroatoms. The summed E-state index contributed by atoms with van der Waals surface area (Å²) in [6.07, 6.45) is 2.64. The molecule has 2 heterocycles. The summed E-state index contributed by atoms with van der Waals surface area (Å²) in [5.74, 6) is 1.29. The lowest BCUT2D eigenvalue weighted by atomic mass is 10.2. The highest BCUT2D eigenvalue weighted by molar-refractivity contribution is 9.13. The Balaban J connectivity index is 1.78. The van der Waals surface area contributed by atoms with E-state index in [-0.39, 0.29) is 23.0 Å². The molecule has 0 spiro atoms. The molecule has 0 unspecified atom stereocenters. The summed E-state index contributed by atoms with van der Waals surface area (Å²) >= 11 is 10.5. The standard InChI is InChI=1S/C25H20Br3N5O5/c1-4-37-19-9-14(21(27)22(28)23(19)38-20-8-6-16(12-29-20)33(35)36)11-30-32-24(13(2)3)31-18-7-5-15(26)10-17(18)25(32)34/h5-13H,4H2,1-3H3. The van der Waals surface area contributed by atoms with E-state index in [1.807, 2.05) is 26.8 Å². The highest BCUT2D eigenvalue weighted by atomic mass is 79.9. The number of pyridine rings is 1. The molecular formula is C25H20Br3N5O5. The number of fused-ring (bicyclic) bond motifs is 1. The van der Waals surface area contributed by atoms with Crippen LogP contribution in [0.4, 0.5) is 5.69 Å². The van der Waals surface area contributed by atoms with Gasteiger partial charge in [-0.3, -0.25) is 14.9 Å². The lowest BCUT2D eigenvalue weighted by Gasteiger charge is -2.16. The first-order chi connectivity index (χ1) is 18.1. The third kappa shape index (κ3) is 5.79. The molecule has 0 radical (unpaired) electrons. The predicted octanol–water partition coefficient (Wildman–Crippen LogP) is 7.18. The van der Waals surface area contributed by atoms with Crippen LogP contribution in [0.5, 0.6) is 17.4 Å². The molecule has 0 saturated heterocycles. The van der Waals surface area contributed by atoms with Gasteiger partial charge in [-0.25, -0.2) is 9.97 Å². The molecule has 0 atom stereocenters. The highest BCUT2D eigenvalue weighted by Crippen LogP contribution is 2.44. The van der Waals surface area contributed by atoms with Crippen molar-refractivity contribution >= 4 is 70.6 Å². The van der Waals surface area contributed by atoms with E-state index < -0.39 is 4.92 Å². The van der Waals surface area contributed by atoms with Gasteiger partial charge in [-0.2, -0.15) is 9.78 Å². The van der Waals surface area contributed by atoms with E-state index in [2.05, 4.69) is 62.9 Å². The van der Waals surface area contributed by atoms with Gasteiger partial charge in [0.2, 0.25) is 5.88 Å². The van der Waals surface area contributed by atoms with Crippen LogP contribution in [0.2, 0.25) is 0 Å². The molecule has 0 N–H and O–H groups in total. The molecule has 196 valence electrons. The van der Waals surface area contributed by atoms with Crippen molar-refractivity contribution < 1.29 is 14.4 Å². The van der Waals surface area contributed by atoms with Gasteiger partial charge in [0.25, 0.3) is 11.2 Å². The molecule has 2 aromatic heterocycles. The quantitative estimate of drug-likeness (QED) is 0.108. The first-order valence-electron chi connectivity index (χ1n) is 11.3. The monoisotopic (exact) mass is 707 g/mol. The van der Waals surface area contributed by atoms with Crippen LogP contribution in [-0.4, -0.2) is 32.4 Å². The Morgan fingerprint density at radius 1 is 1.16 bits per heavy atom. The van der Waals surface area contributed by atoms with Crippen LogP contribution < -0.4 is 15.0 Å². The Kier molecular flexibility index (Phi) is 8.58. The number of hydrogen-bond donors (Lipinski definition) is 0. The average Bonchev–Trinajstić information content (AvgIpc) is 2.88. The van der Waals surface area contributed by atoms with Crippen molar-refractivity contribution in [1.82, 2.24) is 14.6 Å². The lowest BCUT2D eigenvalue weighted by molar-refractivity contribution is -0.385. The number of ether oxygens (including phenoxy) is 2. The Bertz CT molecular complexity index is 1620. The van der Waals surface area contributed by atoms with Crippen molar-refractivity contribution in [2.24, 2.45) is 5.10 Å². The third-order valence-corrected chi connectivity index (χ3v) is 7.89. The second kappa shape index (κ2) is 11.7. The zero-order valence-corrected chi connectivity index (χ0v) is 25.1. The molecule has 10 nitrogen and oxygen atoms in total. The van der Waals surface area contributed by atoms with Crippen LogP contribution in [0.3, 0.4) is 0 Å². The molecule has 38 heavy (non-hydrogen) atoms. The maximum Gasteiger partial charge on any atom is 0.287 e. The molecule has 0 amide bonds. The number of nitro groups is 1. The maximum atomic E-state index is 13.3. The highest BCUT2D eigenvalue weighted by Gasteiger charge is 2.20. The SMILES string of the molecule is CCOc1cc(C=Nn2c(C(C)C)nc3ccc(Br)cc3c2=O)c(Br)c(Br)c1Oc1ccc([N+](=O)[O-])cn1. The zero-order chi connectivity index (χ0) is 27.6. The van der Waals surface area contributed by atoms with E-state index in [9.17, 15) is 14.9 Å². The number of nitrogens with zero attached hydrogens (tertiary/aromatic N) is 5. The minimum absolute atomic E-state index is 0.0629. The number of halogens is 3. The van der Waals surface area contributed by atoms with Crippen LogP contribution in [0.25, 0.3) is 10.9 Å². The number of hydrogen-bond acceptors (Lipinski definition) is 8. The first kappa shape index (κ1) is 27.9. The molecule has 0 fully saturated rings. The summed E-state index contributed by atoms with van der Waals surface area (Å²) in [6.45, 7) is 6.05. The summed E-state index contributed by atoms with van der Waals surface area (Å²) in [6, 6.07) is 9.75. The largest absolute Gasteiger partial charge is 0.490 e. The van der Waals surface area contributed by atoms with Gasteiger partial charge in [0.1, 0.15) is 12.0 Å². The molecule has 2 aromatic carbocycles. The predicted molar refractivity (Wildman–Crippen MR) is 155 cm³/mol. The number of aromatic nitrogens is 3. The molecule has 0 saturated carbocycles. The molecule has 4 aromatic rings. The van der Waals surface area contributed by atoms with Crippen LogP contribution >= 0.6 is 47.8 Å². The van der Waals surface area contributed by atoms with E-state index in [0.717, 1.165) is 10.7 Å². The minimum Gasteiger partial charge on any atom is -0.490 e. The minimum atomic E-state index is -0.539. The fourth-order valence-electron chi connectivity index (χ4n) is 3.47. The summed E-state index contributed by atoms with van der Waals surface area (Å²) in [5, 5.41) is 15.9. The smallest absolute Gasteiger partial charge is 0.287 e. The van der Waals surface area contributed by atoms with Crippen molar-refractivity contribution in [3.8, 4) is 17.4 Å². The fraction of sp³-hybridized carbons (Fsp3) is 0.200. The fourth-order valence-corrected chi connectivity index (χ4v) is 4.74. The zero-order valence-electron chi connectivity index (χ0n) is 20.3. The van der Waals surface area contributed by atoms with E-state index >= 15 is 0 Å². The second-order valence-electron chi connectivity index (χ2n) is 8.22. The molecule has 4 rings (SSSR count). The van der Waals surface area contributed by atoms with Gasteiger partial charge in [0, 0.05) is 32.6 Å². The van der Waals surface area contributed by atoms with Gasteiger partial charge in [0.05, 0.1) is 33.1 Å². The van der Waals surface area contributed by atoms with Gasteiger partial charge in [0.15, 0.2) is 11.5 Å². The van der Waals surface area contributed by atoms with E-state index in [1.165, 1.54) is 23.0 Å². The van der Waals surface area contributed by atoms with E-state index in [4.69, 9.17) is 9.47 Å². The van der Waals surface area contributed by atoms with Crippen LogP contribution in [-0.2, 0) is 0 Å². The second-order valence-corrected chi connectivity index (χ2v) is 10.7. The Hall–Kier alpha value is -3.16. The number of rotatable bonds is 8. The van der Waals surface area contributed by atoms with Crippen molar-refractivity contribution in [2.45, 2.75) is 26.7 Å². The van der Waals surface area contributed by atoms with Crippen molar-refractivity contribution in [3.05, 3.63) is 87.9 Å². The van der Waals surface area contributed by atoms with Gasteiger partial charge in [-0.05, 0) is 63.0 Å². The normalized spacial score (nSPS) is 11.4. The van der Waals surface area contributed by atoms with Crippen molar-refractivity contribution in [2.75, 3.05) is 6.61 Å². The molecular weight excluding hydrogens is 690 g/mol. The maximum absolute atomic E-state index is 13.3. The topological polar surface area (TPSA) is 122 Å².